The van der Waals surface area contributed by atoms with Gasteiger partial charge in [0.1, 0.15) is 0 Å². The molecule has 0 saturated heterocycles. The van der Waals surface area contributed by atoms with E-state index in [0.29, 0.717) is 5.56 Å². The Bertz CT molecular complexity index is 1920. The summed E-state index contributed by atoms with van der Waals surface area (Å²) >= 11 is 0. The number of hydrogen-bond donors (Lipinski definition) is 1. The van der Waals surface area contributed by atoms with Crippen LogP contribution < -0.4 is 4.90 Å². The van der Waals surface area contributed by atoms with Gasteiger partial charge in [-0.25, -0.2) is 4.79 Å². The van der Waals surface area contributed by atoms with E-state index < -0.39 is 5.97 Å². The van der Waals surface area contributed by atoms with Crippen LogP contribution in [0.15, 0.2) is 164 Å². The number of nitrogens with zero attached hydrogens (tertiary/aromatic N) is 1. The lowest BCUT2D eigenvalue weighted by atomic mass is 9.98. The Balaban J connectivity index is 1.40. The zero-order chi connectivity index (χ0) is 30.3. The molecule has 0 aliphatic carbocycles. The van der Waals surface area contributed by atoms with E-state index in [9.17, 15) is 9.90 Å². The quantitative estimate of drug-likeness (QED) is 0.139. The molecular weight excluding hydrogens is 538 g/mol. The highest BCUT2D eigenvalue weighted by Crippen LogP contribution is 2.36. The van der Waals surface area contributed by atoms with Crippen LogP contribution in [0.25, 0.3) is 34.1 Å². The fraction of sp³-hybridized carbons (Fsp3) is 0. The summed E-state index contributed by atoms with van der Waals surface area (Å²) in [5.74, 6) is -1.01. The maximum atomic E-state index is 11.2. The van der Waals surface area contributed by atoms with Crippen molar-refractivity contribution < 1.29 is 9.90 Å². The van der Waals surface area contributed by atoms with Crippen molar-refractivity contribution in [1.82, 2.24) is 0 Å². The zero-order valence-electron chi connectivity index (χ0n) is 24.2. The monoisotopic (exact) mass is 569 g/mol. The minimum atomic E-state index is -1.01. The lowest BCUT2D eigenvalue weighted by Crippen LogP contribution is -2.11. The molecular formula is C41H31NO2. The molecule has 0 unspecified atom stereocenters. The molecule has 1 N–H and O–H groups in total. The van der Waals surface area contributed by atoms with Crippen LogP contribution in [0.2, 0.25) is 0 Å². The molecule has 0 atom stereocenters. The summed E-state index contributed by atoms with van der Waals surface area (Å²) in [5.41, 5.74) is 8.26. The second kappa shape index (κ2) is 12.9. The van der Waals surface area contributed by atoms with Gasteiger partial charge in [0.15, 0.2) is 0 Å². The van der Waals surface area contributed by atoms with E-state index in [1.54, 1.807) is 12.1 Å². The van der Waals surface area contributed by atoms with Crippen LogP contribution in [0.4, 0.5) is 11.4 Å². The number of rotatable bonds is 9. The number of aliphatic carboxylic acids is 1. The number of carboxylic acids is 1. The van der Waals surface area contributed by atoms with E-state index in [2.05, 4.69) is 139 Å². The fourth-order valence-electron chi connectivity index (χ4n) is 5.24. The molecule has 0 fully saturated rings. The van der Waals surface area contributed by atoms with Gasteiger partial charge in [-0.15, -0.1) is 0 Å². The number of carbonyl (C=O) groups is 1. The molecule has 3 heteroatoms. The average Bonchev–Trinajstić information content (AvgIpc) is 3.09. The second-order valence-corrected chi connectivity index (χ2v) is 10.5. The fourth-order valence-corrected chi connectivity index (χ4v) is 5.24. The lowest BCUT2D eigenvalue weighted by Gasteiger charge is -2.25. The lowest BCUT2D eigenvalue weighted by molar-refractivity contribution is -0.130. The summed E-state index contributed by atoms with van der Waals surface area (Å²) in [6.45, 7) is 3.64. The van der Waals surface area contributed by atoms with Crippen LogP contribution in [0, 0.1) is 0 Å². The van der Waals surface area contributed by atoms with E-state index in [1.165, 1.54) is 10.8 Å². The summed E-state index contributed by atoms with van der Waals surface area (Å²) in [6.07, 6.45) is 6.32. The van der Waals surface area contributed by atoms with Crippen molar-refractivity contribution in [3.8, 4) is 0 Å². The molecule has 212 valence electrons. The van der Waals surface area contributed by atoms with Gasteiger partial charge in [-0.2, -0.15) is 0 Å². The van der Waals surface area contributed by atoms with Crippen LogP contribution in [-0.2, 0) is 4.79 Å². The topological polar surface area (TPSA) is 40.5 Å². The minimum absolute atomic E-state index is 0.0867. The zero-order valence-corrected chi connectivity index (χ0v) is 24.2. The largest absolute Gasteiger partial charge is 0.478 e. The normalized spacial score (nSPS) is 10.9. The van der Waals surface area contributed by atoms with Crippen molar-refractivity contribution in [2.24, 2.45) is 0 Å². The summed E-state index contributed by atoms with van der Waals surface area (Å²) in [4.78, 5) is 13.5. The molecule has 0 amide bonds. The summed E-state index contributed by atoms with van der Waals surface area (Å²) in [5, 5.41) is 11.5. The molecule has 6 aromatic carbocycles. The second-order valence-electron chi connectivity index (χ2n) is 10.5. The Hall–Kier alpha value is -5.93. The number of hydrogen-bond acceptors (Lipinski definition) is 2. The van der Waals surface area contributed by atoms with Crippen molar-refractivity contribution in [3.05, 3.63) is 192 Å². The molecule has 0 radical (unpaired) electrons. The van der Waals surface area contributed by atoms with Crippen LogP contribution in [0.3, 0.4) is 0 Å². The Morgan fingerprint density at radius 3 is 1.68 bits per heavy atom. The van der Waals surface area contributed by atoms with E-state index in [0.717, 1.165) is 39.2 Å². The van der Waals surface area contributed by atoms with Crippen LogP contribution >= 0.6 is 0 Å². The molecule has 0 bridgehead atoms. The molecule has 6 rings (SSSR count). The van der Waals surface area contributed by atoms with Crippen molar-refractivity contribution >= 4 is 51.4 Å². The molecule has 0 aromatic heterocycles. The average molecular weight is 570 g/mol. The minimum Gasteiger partial charge on any atom is -0.478 e. The molecule has 3 nitrogen and oxygen atoms in total. The van der Waals surface area contributed by atoms with Crippen LogP contribution in [-0.4, -0.2) is 11.1 Å². The smallest absolute Gasteiger partial charge is 0.335 e. The third-order valence-electron chi connectivity index (χ3n) is 7.61. The van der Waals surface area contributed by atoms with Crippen molar-refractivity contribution in [2.75, 3.05) is 4.90 Å². The van der Waals surface area contributed by atoms with Gasteiger partial charge in [0.25, 0.3) is 0 Å². The maximum Gasteiger partial charge on any atom is 0.335 e. The molecule has 44 heavy (non-hydrogen) atoms. The number of fused-ring (bicyclic) bond motifs is 1. The maximum absolute atomic E-state index is 11.2. The van der Waals surface area contributed by atoms with Gasteiger partial charge in [-0.3, -0.25) is 0 Å². The molecule has 0 aliphatic rings. The SMILES string of the molecule is C=C(C(=O)O)c1ccc(C=Cc2ccc(N(C=C(c3ccccc3)c3ccccc3)c3cccc4ccccc34)cc2)cc1. The Kier molecular flexibility index (Phi) is 8.29. The summed E-state index contributed by atoms with van der Waals surface area (Å²) in [6, 6.07) is 51.8. The highest BCUT2D eigenvalue weighted by molar-refractivity contribution is 6.14. The van der Waals surface area contributed by atoms with Crippen molar-refractivity contribution in [3.63, 3.8) is 0 Å². The molecule has 6 aromatic rings. The highest BCUT2D eigenvalue weighted by Gasteiger charge is 2.14. The number of carboxylic acid groups (broad SMARTS) is 1. The predicted molar refractivity (Wildman–Crippen MR) is 185 cm³/mol. The van der Waals surface area contributed by atoms with E-state index in [4.69, 9.17) is 0 Å². The van der Waals surface area contributed by atoms with Crippen LogP contribution in [0.5, 0.6) is 0 Å². The first-order valence-corrected chi connectivity index (χ1v) is 14.5. The van der Waals surface area contributed by atoms with E-state index in [-0.39, 0.29) is 5.57 Å². The van der Waals surface area contributed by atoms with Gasteiger partial charge in [-0.1, -0.05) is 152 Å². The standard InChI is InChI=1S/C41H31NO2/c1-30(41(43)44)33-25-21-31(22-26-33)19-20-32-23-27-37(28-24-32)42(40-18-10-16-34-15-8-9-17-38(34)40)29-39(35-11-4-2-5-12-35)36-13-6-3-7-14-36/h2-29H,1H2,(H,43,44). The first-order valence-electron chi connectivity index (χ1n) is 14.5. The Morgan fingerprint density at radius 1 is 0.568 bits per heavy atom. The molecule has 0 spiro atoms. The van der Waals surface area contributed by atoms with Gasteiger partial charge in [0.2, 0.25) is 0 Å². The third-order valence-corrected chi connectivity index (χ3v) is 7.61. The molecule has 0 heterocycles. The number of benzene rings is 6. The third kappa shape index (κ3) is 6.28. The van der Waals surface area contributed by atoms with Crippen molar-refractivity contribution in [2.45, 2.75) is 0 Å². The number of anilines is 2. The van der Waals surface area contributed by atoms with E-state index >= 15 is 0 Å². The van der Waals surface area contributed by atoms with Gasteiger partial charge < -0.3 is 10.0 Å². The first kappa shape index (κ1) is 28.2. The van der Waals surface area contributed by atoms with Crippen LogP contribution in [0.1, 0.15) is 27.8 Å². The van der Waals surface area contributed by atoms with E-state index in [1.807, 2.05) is 30.3 Å². The van der Waals surface area contributed by atoms with Crippen molar-refractivity contribution in [1.29, 1.82) is 0 Å². The van der Waals surface area contributed by atoms with Gasteiger partial charge >= 0.3 is 5.97 Å². The summed E-state index contributed by atoms with van der Waals surface area (Å²) < 4.78 is 0. The predicted octanol–water partition coefficient (Wildman–Crippen LogP) is 10.3. The van der Waals surface area contributed by atoms with Gasteiger partial charge in [-0.05, 0) is 51.4 Å². The summed E-state index contributed by atoms with van der Waals surface area (Å²) in [7, 11) is 0. The van der Waals surface area contributed by atoms with Gasteiger partial charge in [0, 0.05) is 22.8 Å². The molecule has 0 aliphatic heterocycles. The highest BCUT2D eigenvalue weighted by atomic mass is 16.4. The Morgan fingerprint density at radius 2 is 1.09 bits per heavy atom. The van der Waals surface area contributed by atoms with Gasteiger partial charge in [0.05, 0.1) is 11.3 Å². The Labute approximate surface area is 258 Å². The molecule has 0 saturated carbocycles. The first-order chi connectivity index (χ1) is 21.6.